The monoisotopic (exact) mass is 339 g/mol. The first-order valence-corrected chi connectivity index (χ1v) is 8.27. The van der Waals surface area contributed by atoms with Crippen LogP contribution in [0.1, 0.15) is 16.4 Å². The number of nitrogens with one attached hydrogen (secondary N) is 2. The maximum Gasteiger partial charge on any atom is 0.242 e. The van der Waals surface area contributed by atoms with E-state index in [4.69, 9.17) is 5.73 Å². The number of carbonyl (C=O) groups excluding carboxylic acids is 1. The summed E-state index contributed by atoms with van der Waals surface area (Å²) in [7, 11) is 0. The molecule has 0 spiro atoms. The largest absolute Gasteiger partial charge is 0.368 e. The molecule has 0 saturated heterocycles. The topological polar surface area (TPSA) is 96.7 Å². The van der Waals surface area contributed by atoms with Crippen molar-refractivity contribution in [1.82, 2.24) is 15.2 Å². The first kappa shape index (κ1) is 16.1. The number of H-pyrrole nitrogens is 1. The molecule has 0 aliphatic carbocycles. The van der Waals surface area contributed by atoms with Gasteiger partial charge in [-0.1, -0.05) is 59.8 Å². The van der Waals surface area contributed by atoms with Crippen LogP contribution < -0.4 is 11.1 Å². The van der Waals surface area contributed by atoms with Crippen molar-refractivity contribution in [2.75, 3.05) is 11.1 Å². The minimum atomic E-state index is -0.484. The molecule has 1 aromatic heterocycles. The van der Waals surface area contributed by atoms with Crippen LogP contribution in [0, 0.1) is 6.92 Å². The minimum Gasteiger partial charge on any atom is -0.368 e. The van der Waals surface area contributed by atoms with Crippen LogP contribution in [0.3, 0.4) is 0 Å². The number of thioether (sulfide) groups is 1. The van der Waals surface area contributed by atoms with Crippen molar-refractivity contribution >= 4 is 29.3 Å². The van der Waals surface area contributed by atoms with Crippen molar-refractivity contribution in [2.45, 2.75) is 17.3 Å². The molecule has 1 atom stereocenters. The van der Waals surface area contributed by atoms with Crippen LogP contribution in [0.5, 0.6) is 0 Å². The predicted molar refractivity (Wildman–Crippen MR) is 95.6 cm³/mol. The van der Waals surface area contributed by atoms with Gasteiger partial charge in [0, 0.05) is 5.69 Å². The normalized spacial score (nSPS) is 11.9. The molecule has 0 bridgehead atoms. The van der Waals surface area contributed by atoms with E-state index in [-0.39, 0.29) is 11.9 Å². The Morgan fingerprint density at radius 1 is 1.17 bits per heavy atom. The van der Waals surface area contributed by atoms with E-state index in [0.29, 0.717) is 5.16 Å². The zero-order chi connectivity index (χ0) is 16.9. The number of nitrogen functional groups attached to an aromatic ring is 1. The van der Waals surface area contributed by atoms with Crippen molar-refractivity contribution in [3.8, 4) is 0 Å². The first-order chi connectivity index (χ1) is 11.6. The highest BCUT2D eigenvalue weighted by molar-refractivity contribution is 8.00. The summed E-state index contributed by atoms with van der Waals surface area (Å²) < 4.78 is 0. The number of aromatic nitrogens is 3. The Hall–Kier alpha value is -2.80. The summed E-state index contributed by atoms with van der Waals surface area (Å²) in [4.78, 5) is 16.9. The number of hydrogen-bond acceptors (Lipinski definition) is 5. The van der Waals surface area contributed by atoms with Gasteiger partial charge in [-0.2, -0.15) is 4.98 Å². The van der Waals surface area contributed by atoms with E-state index in [2.05, 4.69) is 20.5 Å². The zero-order valence-electron chi connectivity index (χ0n) is 13.1. The summed E-state index contributed by atoms with van der Waals surface area (Å²) >= 11 is 1.25. The molecule has 0 aliphatic heterocycles. The average molecular weight is 339 g/mol. The standard InChI is InChI=1S/C17H17N5OS/c1-11-7-9-13(10-8-11)19-15(23)14(12-5-3-2-4-6-12)24-17-20-16(18)21-22-17/h2-10,14H,1H3,(H,19,23)(H3,18,20,21,22)/t14-/m0/s1. The number of nitrogens with two attached hydrogens (primary N) is 1. The lowest BCUT2D eigenvalue weighted by Gasteiger charge is -2.15. The second-order valence-electron chi connectivity index (χ2n) is 5.27. The Balaban J connectivity index is 1.83. The molecule has 122 valence electrons. The molecule has 7 heteroatoms. The summed E-state index contributed by atoms with van der Waals surface area (Å²) in [5.41, 5.74) is 8.32. The van der Waals surface area contributed by atoms with Crippen molar-refractivity contribution in [2.24, 2.45) is 0 Å². The molecule has 0 unspecified atom stereocenters. The molecule has 0 aliphatic rings. The summed E-state index contributed by atoms with van der Waals surface area (Å²) in [6, 6.07) is 17.2. The number of amides is 1. The summed E-state index contributed by atoms with van der Waals surface area (Å²) in [6.07, 6.45) is 0. The van der Waals surface area contributed by atoms with Gasteiger partial charge in [0.2, 0.25) is 17.0 Å². The predicted octanol–water partition coefficient (Wildman–Crippen LogP) is 3.17. The van der Waals surface area contributed by atoms with Gasteiger partial charge >= 0.3 is 0 Å². The van der Waals surface area contributed by atoms with E-state index in [0.717, 1.165) is 16.8 Å². The van der Waals surface area contributed by atoms with Crippen LogP contribution >= 0.6 is 11.8 Å². The third kappa shape index (κ3) is 3.94. The molecule has 0 fully saturated rings. The number of anilines is 2. The second kappa shape index (κ2) is 7.18. The third-order valence-corrected chi connectivity index (χ3v) is 4.48. The third-order valence-electron chi connectivity index (χ3n) is 3.37. The Morgan fingerprint density at radius 3 is 2.50 bits per heavy atom. The highest BCUT2D eigenvalue weighted by Gasteiger charge is 2.24. The lowest BCUT2D eigenvalue weighted by Crippen LogP contribution is -2.19. The van der Waals surface area contributed by atoms with Gasteiger partial charge in [0.1, 0.15) is 5.25 Å². The van der Waals surface area contributed by atoms with E-state index < -0.39 is 5.25 Å². The number of rotatable bonds is 5. The molecule has 1 amide bonds. The molecule has 6 nitrogen and oxygen atoms in total. The maximum atomic E-state index is 12.8. The van der Waals surface area contributed by atoms with Crippen molar-refractivity contribution in [3.63, 3.8) is 0 Å². The fourth-order valence-corrected chi connectivity index (χ4v) is 3.08. The van der Waals surface area contributed by atoms with E-state index in [1.165, 1.54) is 11.8 Å². The van der Waals surface area contributed by atoms with Gasteiger partial charge in [0.05, 0.1) is 0 Å². The number of hydrogen-bond donors (Lipinski definition) is 3. The van der Waals surface area contributed by atoms with E-state index >= 15 is 0 Å². The maximum absolute atomic E-state index is 12.8. The lowest BCUT2D eigenvalue weighted by atomic mass is 10.1. The molecular weight excluding hydrogens is 322 g/mol. The van der Waals surface area contributed by atoms with Gasteiger partial charge in [0.15, 0.2) is 0 Å². The zero-order valence-corrected chi connectivity index (χ0v) is 13.9. The van der Waals surface area contributed by atoms with Gasteiger partial charge < -0.3 is 11.1 Å². The van der Waals surface area contributed by atoms with Crippen molar-refractivity contribution in [1.29, 1.82) is 0 Å². The van der Waals surface area contributed by atoms with Crippen LogP contribution in [0.2, 0.25) is 0 Å². The molecule has 1 heterocycles. The Bertz CT molecular complexity index is 817. The minimum absolute atomic E-state index is 0.140. The molecule has 24 heavy (non-hydrogen) atoms. The number of benzene rings is 2. The Kier molecular flexibility index (Phi) is 4.81. The van der Waals surface area contributed by atoms with E-state index in [1.54, 1.807) is 0 Å². The molecule has 0 saturated carbocycles. The lowest BCUT2D eigenvalue weighted by molar-refractivity contribution is -0.115. The second-order valence-corrected chi connectivity index (χ2v) is 6.34. The van der Waals surface area contributed by atoms with Gasteiger partial charge in [-0.15, -0.1) is 5.10 Å². The van der Waals surface area contributed by atoms with Crippen molar-refractivity contribution < 1.29 is 4.79 Å². The van der Waals surface area contributed by atoms with E-state index in [1.807, 2.05) is 61.5 Å². The molecule has 3 rings (SSSR count). The molecule has 4 N–H and O–H groups in total. The summed E-state index contributed by atoms with van der Waals surface area (Å²) in [5.74, 6) is 0.0849. The number of aryl methyl sites for hydroxylation is 1. The van der Waals surface area contributed by atoms with Crippen molar-refractivity contribution in [3.05, 3.63) is 65.7 Å². The summed E-state index contributed by atoms with van der Waals surface area (Å²) in [6.45, 7) is 2.00. The SMILES string of the molecule is Cc1ccc(NC(=O)[C@@H](Sc2n[nH]c(N)n2)c2ccccc2)cc1. The number of carbonyl (C=O) groups is 1. The highest BCUT2D eigenvalue weighted by atomic mass is 32.2. The smallest absolute Gasteiger partial charge is 0.242 e. The van der Waals surface area contributed by atoms with Crippen LogP contribution in [-0.4, -0.2) is 21.1 Å². The average Bonchev–Trinajstić information content (AvgIpc) is 3.00. The van der Waals surface area contributed by atoms with E-state index in [9.17, 15) is 4.79 Å². The fraction of sp³-hybridized carbons (Fsp3) is 0.118. The fourth-order valence-electron chi connectivity index (χ4n) is 2.16. The molecule has 0 radical (unpaired) electrons. The van der Waals surface area contributed by atoms with Crippen LogP contribution in [0.25, 0.3) is 0 Å². The Morgan fingerprint density at radius 2 is 1.88 bits per heavy atom. The van der Waals surface area contributed by atoms with Crippen LogP contribution in [-0.2, 0) is 4.79 Å². The Labute approximate surface area is 143 Å². The molecule has 2 aromatic carbocycles. The number of nitrogens with zero attached hydrogens (tertiary/aromatic N) is 2. The van der Waals surface area contributed by atoms with Crippen LogP contribution in [0.15, 0.2) is 59.8 Å². The van der Waals surface area contributed by atoms with Crippen LogP contribution in [0.4, 0.5) is 11.6 Å². The van der Waals surface area contributed by atoms with Gasteiger partial charge in [-0.3, -0.25) is 4.79 Å². The molecular formula is C17H17N5OS. The first-order valence-electron chi connectivity index (χ1n) is 7.39. The summed E-state index contributed by atoms with van der Waals surface area (Å²) in [5, 5.41) is 9.47. The number of aromatic amines is 1. The molecule has 3 aromatic rings. The van der Waals surface area contributed by atoms with Gasteiger partial charge in [-0.05, 0) is 24.6 Å². The van der Waals surface area contributed by atoms with Gasteiger partial charge in [0.25, 0.3) is 0 Å². The van der Waals surface area contributed by atoms with Gasteiger partial charge in [-0.25, -0.2) is 5.10 Å². The quantitative estimate of drug-likeness (QED) is 0.620. The highest BCUT2D eigenvalue weighted by Crippen LogP contribution is 2.34.